The van der Waals surface area contributed by atoms with Crippen molar-refractivity contribution in [1.82, 2.24) is 19.1 Å². The number of aliphatic hydroxyl groups excluding tert-OH is 1. The van der Waals surface area contributed by atoms with E-state index in [9.17, 15) is 0 Å². The van der Waals surface area contributed by atoms with Crippen LogP contribution in [0.3, 0.4) is 0 Å². The van der Waals surface area contributed by atoms with Gasteiger partial charge in [0.1, 0.15) is 11.0 Å². The van der Waals surface area contributed by atoms with Crippen LogP contribution in [0.4, 0.5) is 0 Å². The molecule has 92 valence electrons. The normalized spacial score (nSPS) is 11.1. The fourth-order valence-corrected chi connectivity index (χ4v) is 2.51. The third kappa shape index (κ3) is 2.48. The van der Waals surface area contributed by atoms with Crippen molar-refractivity contribution in [2.45, 2.75) is 17.5 Å². The number of imidazole rings is 2. The number of rotatable bonds is 4. The van der Waals surface area contributed by atoms with E-state index in [4.69, 9.17) is 16.7 Å². The van der Waals surface area contributed by atoms with Gasteiger partial charge >= 0.3 is 0 Å². The maximum absolute atomic E-state index is 9.06. The molecule has 0 fully saturated rings. The monoisotopic (exact) mass is 272 g/mol. The summed E-state index contributed by atoms with van der Waals surface area (Å²) in [5.74, 6) is 1.59. The SMILES string of the molecule is Cn1c(Cl)cnc1CSc1ncc(CO)n1C. The molecule has 7 heteroatoms. The van der Waals surface area contributed by atoms with Crippen LogP contribution in [0.25, 0.3) is 0 Å². The quantitative estimate of drug-likeness (QED) is 0.859. The van der Waals surface area contributed by atoms with Crippen molar-refractivity contribution >= 4 is 23.4 Å². The second-order valence-corrected chi connectivity index (χ2v) is 4.92. The summed E-state index contributed by atoms with van der Waals surface area (Å²) in [5, 5.41) is 10.5. The molecule has 2 aromatic heterocycles. The van der Waals surface area contributed by atoms with E-state index >= 15 is 0 Å². The number of aromatic nitrogens is 4. The van der Waals surface area contributed by atoms with Gasteiger partial charge in [-0.3, -0.25) is 0 Å². The van der Waals surface area contributed by atoms with E-state index in [1.807, 2.05) is 23.2 Å². The Morgan fingerprint density at radius 2 is 2.06 bits per heavy atom. The van der Waals surface area contributed by atoms with E-state index in [1.165, 1.54) is 0 Å². The molecule has 2 rings (SSSR count). The van der Waals surface area contributed by atoms with Gasteiger partial charge in [-0.15, -0.1) is 0 Å². The van der Waals surface area contributed by atoms with Gasteiger partial charge in [0.15, 0.2) is 5.16 Å². The molecule has 0 aromatic carbocycles. The van der Waals surface area contributed by atoms with E-state index < -0.39 is 0 Å². The van der Waals surface area contributed by atoms with Crippen molar-refractivity contribution < 1.29 is 5.11 Å². The molecule has 0 radical (unpaired) electrons. The molecule has 17 heavy (non-hydrogen) atoms. The lowest BCUT2D eigenvalue weighted by Crippen LogP contribution is -1.99. The molecule has 0 bridgehead atoms. The highest BCUT2D eigenvalue weighted by molar-refractivity contribution is 7.98. The summed E-state index contributed by atoms with van der Waals surface area (Å²) < 4.78 is 3.71. The smallest absolute Gasteiger partial charge is 0.168 e. The second-order valence-electron chi connectivity index (χ2n) is 3.59. The molecule has 0 aliphatic rings. The van der Waals surface area contributed by atoms with Crippen molar-refractivity contribution in [1.29, 1.82) is 0 Å². The molecule has 0 unspecified atom stereocenters. The maximum atomic E-state index is 9.06. The predicted molar refractivity (Wildman–Crippen MR) is 66.9 cm³/mol. The van der Waals surface area contributed by atoms with Crippen LogP contribution in [0.5, 0.6) is 0 Å². The summed E-state index contributed by atoms with van der Waals surface area (Å²) in [5.41, 5.74) is 0.797. The van der Waals surface area contributed by atoms with Crippen LogP contribution in [0, 0.1) is 0 Å². The highest BCUT2D eigenvalue weighted by atomic mass is 35.5. The predicted octanol–water partition coefficient (Wildman–Crippen LogP) is 1.59. The minimum atomic E-state index is -0.00169. The van der Waals surface area contributed by atoms with Crippen LogP contribution in [0.2, 0.25) is 5.15 Å². The van der Waals surface area contributed by atoms with Gasteiger partial charge in [-0.05, 0) is 0 Å². The first kappa shape index (κ1) is 12.5. The summed E-state index contributed by atoms with van der Waals surface area (Å²) in [6, 6.07) is 0. The Morgan fingerprint density at radius 1 is 1.29 bits per heavy atom. The molecule has 5 nitrogen and oxygen atoms in total. The summed E-state index contributed by atoms with van der Waals surface area (Å²) in [4.78, 5) is 8.44. The van der Waals surface area contributed by atoms with E-state index in [0.717, 1.165) is 16.7 Å². The third-order valence-corrected chi connectivity index (χ3v) is 3.95. The molecular weight excluding hydrogens is 260 g/mol. The second kappa shape index (κ2) is 5.12. The minimum absolute atomic E-state index is 0.00169. The van der Waals surface area contributed by atoms with Crippen LogP contribution in [-0.2, 0) is 26.5 Å². The summed E-state index contributed by atoms with van der Waals surface area (Å²) in [6.07, 6.45) is 3.31. The van der Waals surface area contributed by atoms with E-state index in [1.54, 1.807) is 24.2 Å². The number of aliphatic hydroxyl groups is 1. The highest BCUT2D eigenvalue weighted by Gasteiger charge is 2.09. The van der Waals surface area contributed by atoms with Gasteiger partial charge in [-0.1, -0.05) is 23.4 Å². The van der Waals surface area contributed by atoms with Gasteiger partial charge in [-0.25, -0.2) is 9.97 Å². The lowest BCUT2D eigenvalue weighted by atomic mass is 10.5. The van der Waals surface area contributed by atoms with Gasteiger partial charge in [0, 0.05) is 14.1 Å². The van der Waals surface area contributed by atoms with Crippen molar-refractivity contribution in [3.05, 3.63) is 29.1 Å². The molecule has 1 N–H and O–H groups in total. The standard InChI is InChI=1S/C10H13ClN4OS/c1-14-7(5-16)3-13-10(14)17-6-9-12-4-8(11)15(9)2/h3-4,16H,5-6H2,1-2H3. The van der Waals surface area contributed by atoms with Crippen LogP contribution in [0.15, 0.2) is 17.6 Å². The summed E-state index contributed by atoms with van der Waals surface area (Å²) >= 11 is 7.47. The van der Waals surface area contributed by atoms with E-state index in [0.29, 0.717) is 10.9 Å². The number of hydrogen-bond acceptors (Lipinski definition) is 4. The average molecular weight is 273 g/mol. The van der Waals surface area contributed by atoms with Gasteiger partial charge in [0.05, 0.1) is 30.4 Å². The molecule has 2 aromatic rings. The Morgan fingerprint density at radius 3 is 2.59 bits per heavy atom. The Balaban J connectivity index is 2.07. The first-order chi connectivity index (χ1) is 8.13. The molecule has 2 heterocycles. The molecule has 0 amide bonds. The molecule has 0 aliphatic carbocycles. The fraction of sp³-hybridized carbons (Fsp3) is 0.400. The lowest BCUT2D eigenvalue weighted by molar-refractivity contribution is 0.271. The molecular formula is C10H13ClN4OS. The van der Waals surface area contributed by atoms with Crippen LogP contribution in [0.1, 0.15) is 11.5 Å². The third-order valence-electron chi connectivity index (χ3n) is 2.56. The number of thioether (sulfide) groups is 1. The molecule has 0 saturated heterocycles. The zero-order chi connectivity index (χ0) is 12.4. The average Bonchev–Trinajstić information content (AvgIpc) is 2.83. The van der Waals surface area contributed by atoms with Crippen LogP contribution < -0.4 is 0 Å². The summed E-state index contributed by atoms with van der Waals surface area (Å²) in [6.45, 7) is -0.00169. The highest BCUT2D eigenvalue weighted by Crippen LogP contribution is 2.22. The van der Waals surface area contributed by atoms with Crippen LogP contribution >= 0.6 is 23.4 Å². The minimum Gasteiger partial charge on any atom is -0.390 e. The van der Waals surface area contributed by atoms with Gasteiger partial charge in [0.25, 0.3) is 0 Å². The van der Waals surface area contributed by atoms with E-state index in [2.05, 4.69) is 9.97 Å². The molecule has 0 spiro atoms. The van der Waals surface area contributed by atoms with Crippen LogP contribution in [-0.4, -0.2) is 24.2 Å². The summed E-state index contributed by atoms with van der Waals surface area (Å²) in [7, 11) is 3.76. The van der Waals surface area contributed by atoms with Crippen molar-refractivity contribution in [3.8, 4) is 0 Å². The zero-order valence-electron chi connectivity index (χ0n) is 9.59. The lowest BCUT2D eigenvalue weighted by Gasteiger charge is -2.04. The van der Waals surface area contributed by atoms with Gasteiger partial charge in [0.2, 0.25) is 0 Å². The van der Waals surface area contributed by atoms with E-state index in [-0.39, 0.29) is 6.61 Å². The number of halogens is 1. The Kier molecular flexibility index (Phi) is 3.76. The van der Waals surface area contributed by atoms with Gasteiger partial charge < -0.3 is 14.2 Å². The van der Waals surface area contributed by atoms with Crippen molar-refractivity contribution in [2.75, 3.05) is 0 Å². The van der Waals surface area contributed by atoms with Crippen molar-refractivity contribution in [2.24, 2.45) is 14.1 Å². The first-order valence-electron chi connectivity index (χ1n) is 5.03. The fourth-order valence-electron chi connectivity index (χ4n) is 1.39. The Labute approximate surface area is 108 Å². The van der Waals surface area contributed by atoms with Crippen molar-refractivity contribution in [3.63, 3.8) is 0 Å². The molecule has 0 saturated carbocycles. The number of nitrogens with zero attached hydrogens (tertiary/aromatic N) is 4. The zero-order valence-corrected chi connectivity index (χ0v) is 11.2. The Bertz CT molecular complexity index is 522. The van der Waals surface area contributed by atoms with Gasteiger partial charge in [-0.2, -0.15) is 0 Å². The molecule has 0 atom stereocenters. The maximum Gasteiger partial charge on any atom is 0.168 e. The number of hydrogen-bond donors (Lipinski definition) is 1. The first-order valence-corrected chi connectivity index (χ1v) is 6.40. The Hall–Kier alpha value is -0.980. The topological polar surface area (TPSA) is 55.9 Å². The largest absolute Gasteiger partial charge is 0.390 e. The molecule has 0 aliphatic heterocycles.